The largest absolute Gasteiger partial charge is 0.454 e. The van der Waals surface area contributed by atoms with E-state index in [4.69, 9.17) is 9.47 Å². The molecule has 1 aliphatic heterocycles. The highest BCUT2D eigenvalue weighted by Gasteiger charge is 2.14. The number of amides is 1. The molecule has 2 aromatic carbocycles. The van der Waals surface area contributed by atoms with E-state index in [1.54, 1.807) is 22.7 Å². The molecule has 1 N–H and O–H groups in total. The monoisotopic (exact) mass is 373 g/mol. The van der Waals surface area contributed by atoms with Crippen molar-refractivity contribution in [2.45, 2.75) is 6.54 Å². The van der Waals surface area contributed by atoms with Gasteiger partial charge in [-0.25, -0.2) is 4.98 Å². The summed E-state index contributed by atoms with van der Waals surface area (Å²) in [6, 6.07) is 14.7. The van der Waals surface area contributed by atoms with Gasteiger partial charge in [0.25, 0.3) is 11.7 Å². The van der Waals surface area contributed by atoms with Crippen LogP contribution < -0.4 is 14.8 Å². The maximum Gasteiger partial charge on any atom is 0.255 e. The molecule has 1 amide bonds. The summed E-state index contributed by atoms with van der Waals surface area (Å²) in [5.74, 6) is 2.48. The van der Waals surface area contributed by atoms with Crippen molar-refractivity contribution in [2.24, 2.45) is 0 Å². The Hall–Kier alpha value is -3.94. The van der Waals surface area contributed by atoms with Gasteiger partial charge >= 0.3 is 0 Å². The molecule has 1 aliphatic rings. The van der Waals surface area contributed by atoms with Crippen molar-refractivity contribution >= 4 is 11.7 Å². The Balaban J connectivity index is 1.29. The summed E-state index contributed by atoms with van der Waals surface area (Å²) in [5, 5.41) is 11.1. The summed E-state index contributed by atoms with van der Waals surface area (Å²) < 4.78 is 12.4. The topological polar surface area (TPSA) is 90.6 Å². The number of nitrogens with one attached hydrogen (secondary N) is 1. The van der Waals surface area contributed by atoms with Crippen LogP contribution in [0.5, 0.6) is 11.5 Å². The Morgan fingerprint density at radius 1 is 1.07 bits per heavy atom. The number of benzene rings is 2. The molecule has 0 radical (unpaired) electrons. The molecule has 0 saturated heterocycles. The number of carbonyl (C=O) groups is 1. The Labute approximate surface area is 159 Å². The van der Waals surface area contributed by atoms with Crippen LogP contribution in [-0.2, 0) is 6.54 Å². The minimum absolute atomic E-state index is 0.156. The van der Waals surface area contributed by atoms with Gasteiger partial charge in [0, 0.05) is 30.1 Å². The smallest absolute Gasteiger partial charge is 0.255 e. The van der Waals surface area contributed by atoms with Crippen LogP contribution in [0.1, 0.15) is 15.9 Å². The number of fused-ring (bicyclic) bond motifs is 2. The van der Waals surface area contributed by atoms with Crippen LogP contribution in [0.2, 0.25) is 0 Å². The lowest BCUT2D eigenvalue weighted by Gasteiger charge is -2.07. The van der Waals surface area contributed by atoms with Crippen LogP contribution in [0.15, 0.2) is 60.9 Å². The molecule has 0 aliphatic carbocycles. The lowest BCUT2D eigenvalue weighted by atomic mass is 10.1. The lowest BCUT2D eigenvalue weighted by molar-refractivity contribution is 0.0951. The number of nitrogens with zero attached hydrogens (tertiary/aromatic N) is 4. The number of carbonyl (C=O) groups excluding carboxylic acids is 1. The second kappa shape index (κ2) is 6.66. The van der Waals surface area contributed by atoms with E-state index in [1.807, 2.05) is 42.6 Å². The van der Waals surface area contributed by atoms with Gasteiger partial charge in [-0.3, -0.25) is 9.20 Å². The van der Waals surface area contributed by atoms with Crippen LogP contribution in [0, 0.1) is 0 Å². The molecule has 0 spiro atoms. The van der Waals surface area contributed by atoms with Gasteiger partial charge in [0.15, 0.2) is 17.3 Å². The zero-order chi connectivity index (χ0) is 18.9. The highest BCUT2D eigenvalue weighted by atomic mass is 16.7. The fourth-order valence-electron chi connectivity index (χ4n) is 3.05. The molecular formula is C20H15N5O3. The summed E-state index contributed by atoms with van der Waals surface area (Å²) >= 11 is 0. The summed E-state index contributed by atoms with van der Waals surface area (Å²) in [5.41, 5.74) is 2.36. The molecule has 5 rings (SSSR count). The molecule has 0 atom stereocenters. The molecule has 0 bridgehead atoms. The molecule has 28 heavy (non-hydrogen) atoms. The Kier molecular flexibility index (Phi) is 3.86. The van der Waals surface area contributed by atoms with E-state index in [-0.39, 0.29) is 12.7 Å². The van der Waals surface area contributed by atoms with E-state index >= 15 is 0 Å². The normalized spacial score (nSPS) is 12.3. The first kappa shape index (κ1) is 16.2. The number of hydrogen-bond acceptors (Lipinski definition) is 6. The predicted molar refractivity (Wildman–Crippen MR) is 100.0 cm³/mol. The van der Waals surface area contributed by atoms with E-state index in [9.17, 15) is 4.79 Å². The quantitative estimate of drug-likeness (QED) is 0.591. The average Bonchev–Trinajstić information content (AvgIpc) is 3.38. The number of hydrogen-bond donors (Lipinski definition) is 1. The van der Waals surface area contributed by atoms with Gasteiger partial charge in [-0.1, -0.05) is 18.2 Å². The summed E-state index contributed by atoms with van der Waals surface area (Å²) in [6.45, 7) is 0.632. The third-order valence-electron chi connectivity index (χ3n) is 4.48. The molecule has 0 unspecified atom stereocenters. The Morgan fingerprint density at radius 2 is 1.93 bits per heavy atom. The first-order valence-electron chi connectivity index (χ1n) is 8.71. The fraction of sp³-hybridized carbons (Fsp3) is 0.100. The van der Waals surface area contributed by atoms with E-state index < -0.39 is 0 Å². The SMILES string of the molecule is O=C(NCc1ccc2c(c1)OCO2)c1ccc(-c2nnc3ncccn23)cc1. The Morgan fingerprint density at radius 3 is 2.82 bits per heavy atom. The molecule has 0 saturated carbocycles. The van der Waals surface area contributed by atoms with Gasteiger partial charge in [0.2, 0.25) is 6.79 Å². The molecular weight excluding hydrogens is 358 g/mol. The molecule has 3 heterocycles. The van der Waals surface area contributed by atoms with E-state index in [0.717, 1.165) is 16.9 Å². The first-order valence-corrected chi connectivity index (χ1v) is 8.71. The number of ether oxygens (including phenoxy) is 2. The van der Waals surface area contributed by atoms with Crippen LogP contribution in [0.4, 0.5) is 0 Å². The van der Waals surface area contributed by atoms with E-state index in [1.165, 1.54) is 0 Å². The zero-order valence-electron chi connectivity index (χ0n) is 14.7. The number of aromatic nitrogens is 4. The van der Waals surface area contributed by atoms with Crippen molar-refractivity contribution < 1.29 is 14.3 Å². The van der Waals surface area contributed by atoms with Gasteiger partial charge in [-0.15, -0.1) is 10.2 Å². The van der Waals surface area contributed by atoms with Gasteiger partial charge < -0.3 is 14.8 Å². The second-order valence-corrected chi connectivity index (χ2v) is 6.26. The van der Waals surface area contributed by atoms with Crippen molar-refractivity contribution in [1.29, 1.82) is 0 Å². The highest BCUT2D eigenvalue weighted by molar-refractivity contribution is 5.94. The number of rotatable bonds is 4. The maximum atomic E-state index is 12.5. The summed E-state index contributed by atoms with van der Waals surface area (Å²) in [6.07, 6.45) is 3.52. The van der Waals surface area contributed by atoms with Crippen molar-refractivity contribution in [1.82, 2.24) is 24.9 Å². The minimum Gasteiger partial charge on any atom is -0.454 e. The molecule has 8 heteroatoms. The molecule has 2 aromatic heterocycles. The predicted octanol–water partition coefficient (Wildman–Crippen LogP) is 2.45. The first-order chi connectivity index (χ1) is 13.8. The van der Waals surface area contributed by atoms with Crippen LogP contribution >= 0.6 is 0 Å². The lowest BCUT2D eigenvalue weighted by Crippen LogP contribution is -2.22. The van der Waals surface area contributed by atoms with Crippen molar-refractivity contribution in [3.05, 3.63) is 72.1 Å². The Bertz CT molecular complexity index is 1170. The maximum absolute atomic E-state index is 12.5. The minimum atomic E-state index is -0.156. The van der Waals surface area contributed by atoms with E-state index in [2.05, 4.69) is 20.5 Å². The van der Waals surface area contributed by atoms with Crippen LogP contribution in [-0.4, -0.2) is 32.3 Å². The third-order valence-corrected chi connectivity index (χ3v) is 4.48. The van der Waals surface area contributed by atoms with Gasteiger partial charge in [-0.05, 0) is 35.9 Å². The highest BCUT2D eigenvalue weighted by Crippen LogP contribution is 2.32. The van der Waals surface area contributed by atoms with Crippen LogP contribution in [0.3, 0.4) is 0 Å². The summed E-state index contributed by atoms with van der Waals surface area (Å²) in [7, 11) is 0. The molecule has 138 valence electrons. The van der Waals surface area contributed by atoms with Gasteiger partial charge in [0.1, 0.15) is 0 Å². The fourth-order valence-corrected chi connectivity index (χ4v) is 3.05. The third kappa shape index (κ3) is 2.90. The van der Waals surface area contributed by atoms with E-state index in [0.29, 0.717) is 29.5 Å². The standard InChI is InChI=1S/C20H15N5O3/c26-19(22-11-13-2-7-16-17(10-13)28-12-27-16)15-5-3-14(4-6-15)18-23-24-20-21-8-1-9-25(18)20/h1-10H,11-12H2,(H,22,26). The molecule has 0 fully saturated rings. The van der Waals surface area contributed by atoms with Gasteiger partial charge in [-0.2, -0.15) is 0 Å². The van der Waals surface area contributed by atoms with Crippen molar-refractivity contribution in [3.8, 4) is 22.9 Å². The second-order valence-electron chi connectivity index (χ2n) is 6.26. The molecule has 4 aromatic rings. The molecule has 8 nitrogen and oxygen atoms in total. The van der Waals surface area contributed by atoms with Crippen LogP contribution in [0.25, 0.3) is 17.2 Å². The summed E-state index contributed by atoms with van der Waals surface area (Å²) in [4.78, 5) is 16.6. The van der Waals surface area contributed by atoms with Crippen molar-refractivity contribution in [2.75, 3.05) is 6.79 Å². The van der Waals surface area contributed by atoms with Gasteiger partial charge in [0.05, 0.1) is 0 Å². The average molecular weight is 373 g/mol. The van der Waals surface area contributed by atoms with Crippen molar-refractivity contribution in [3.63, 3.8) is 0 Å². The zero-order valence-corrected chi connectivity index (χ0v) is 14.7.